The molecule has 2 nitrogen and oxygen atoms in total. The summed E-state index contributed by atoms with van der Waals surface area (Å²) in [5.41, 5.74) is 6.71. The van der Waals surface area contributed by atoms with E-state index in [0.29, 0.717) is 5.56 Å². The molecule has 0 amide bonds. The maximum Gasteiger partial charge on any atom is 0.0991 e. The van der Waals surface area contributed by atoms with Gasteiger partial charge in [0.25, 0.3) is 0 Å². The molecule has 0 radical (unpaired) electrons. The average molecular weight is 340 g/mol. The van der Waals surface area contributed by atoms with Gasteiger partial charge in [0.2, 0.25) is 0 Å². The summed E-state index contributed by atoms with van der Waals surface area (Å²) in [6.07, 6.45) is 7.67. The molecule has 1 heterocycles. The van der Waals surface area contributed by atoms with Gasteiger partial charge in [-0.3, -0.25) is 4.98 Å². The second-order valence-corrected chi connectivity index (χ2v) is 6.66. The standard InChI is InChI=1S/C24H24N2/c1-2-3-4-19-5-7-20(8-6-19)9-10-22-13-16-24(26-18-22)23-14-11-21(17-25)12-15-23/h5-8,11-16,18H,2-4,9-10H2,1H3. The molecule has 0 aliphatic rings. The lowest BCUT2D eigenvalue weighted by Gasteiger charge is -2.06. The van der Waals surface area contributed by atoms with E-state index in [4.69, 9.17) is 5.26 Å². The molecule has 0 atom stereocenters. The maximum atomic E-state index is 8.88. The molecule has 0 saturated heterocycles. The predicted octanol–water partition coefficient (Wildman–Crippen LogP) is 5.75. The van der Waals surface area contributed by atoms with Crippen LogP contribution in [0.2, 0.25) is 0 Å². The smallest absolute Gasteiger partial charge is 0.0991 e. The Morgan fingerprint density at radius 2 is 1.38 bits per heavy atom. The third-order valence-electron chi connectivity index (χ3n) is 4.68. The Bertz CT molecular complexity index is 854. The number of rotatable bonds is 7. The number of benzene rings is 2. The number of nitrogens with zero attached hydrogens (tertiary/aromatic N) is 2. The van der Waals surface area contributed by atoms with Crippen molar-refractivity contribution >= 4 is 0 Å². The maximum absolute atomic E-state index is 8.88. The van der Waals surface area contributed by atoms with E-state index in [1.807, 2.05) is 30.5 Å². The van der Waals surface area contributed by atoms with Crippen molar-refractivity contribution in [3.63, 3.8) is 0 Å². The molecule has 0 aliphatic carbocycles. The fraction of sp³-hybridized carbons (Fsp3) is 0.250. The minimum Gasteiger partial charge on any atom is -0.256 e. The molecule has 0 fully saturated rings. The van der Waals surface area contributed by atoms with E-state index >= 15 is 0 Å². The quantitative estimate of drug-likeness (QED) is 0.549. The van der Waals surface area contributed by atoms with Gasteiger partial charge in [-0.25, -0.2) is 0 Å². The van der Waals surface area contributed by atoms with E-state index in [1.54, 1.807) is 0 Å². The summed E-state index contributed by atoms with van der Waals surface area (Å²) in [5, 5.41) is 8.88. The number of nitriles is 1. The first kappa shape index (κ1) is 17.9. The SMILES string of the molecule is CCCCc1ccc(CCc2ccc(-c3ccc(C#N)cc3)nc2)cc1. The third kappa shape index (κ3) is 4.80. The molecule has 130 valence electrons. The van der Waals surface area contributed by atoms with Gasteiger partial charge < -0.3 is 0 Å². The predicted molar refractivity (Wildman–Crippen MR) is 107 cm³/mol. The van der Waals surface area contributed by atoms with Gasteiger partial charge >= 0.3 is 0 Å². The second-order valence-electron chi connectivity index (χ2n) is 6.66. The zero-order chi connectivity index (χ0) is 18.2. The Hall–Kier alpha value is -2.92. The van der Waals surface area contributed by atoms with Crippen molar-refractivity contribution in [2.24, 2.45) is 0 Å². The first-order valence-corrected chi connectivity index (χ1v) is 9.32. The number of pyridine rings is 1. The summed E-state index contributed by atoms with van der Waals surface area (Å²) >= 11 is 0. The molecular formula is C24H24N2. The minimum absolute atomic E-state index is 0.672. The molecule has 1 aromatic heterocycles. The van der Waals surface area contributed by atoms with Crippen LogP contribution in [0.25, 0.3) is 11.3 Å². The lowest BCUT2D eigenvalue weighted by atomic mass is 10.0. The molecule has 0 aliphatic heterocycles. The molecule has 0 spiro atoms. The lowest BCUT2D eigenvalue weighted by Crippen LogP contribution is -1.94. The fourth-order valence-corrected chi connectivity index (χ4v) is 3.00. The van der Waals surface area contributed by atoms with Crippen LogP contribution in [0.3, 0.4) is 0 Å². The van der Waals surface area contributed by atoms with Gasteiger partial charge in [0.05, 0.1) is 17.3 Å². The van der Waals surface area contributed by atoms with Crippen molar-refractivity contribution < 1.29 is 0 Å². The number of aryl methyl sites for hydroxylation is 3. The highest BCUT2D eigenvalue weighted by Gasteiger charge is 2.02. The van der Waals surface area contributed by atoms with Gasteiger partial charge in [0, 0.05) is 11.8 Å². The summed E-state index contributed by atoms with van der Waals surface area (Å²) in [6, 6.07) is 22.9. The van der Waals surface area contributed by atoms with Crippen LogP contribution in [0, 0.1) is 11.3 Å². The van der Waals surface area contributed by atoms with E-state index in [1.165, 1.54) is 36.0 Å². The van der Waals surface area contributed by atoms with Crippen LogP contribution in [0.1, 0.15) is 42.0 Å². The average Bonchev–Trinajstić information content (AvgIpc) is 2.72. The van der Waals surface area contributed by atoms with Crippen LogP contribution in [0.4, 0.5) is 0 Å². The highest BCUT2D eigenvalue weighted by Crippen LogP contribution is 2.18. The summed E-state index contributed by atoms with van der Waals surface area (Å²) in [7, 11) is 0. The number of hydrogen-bond donors (Lipinski definition) is 0. The first-order chi connectivity index (χ1) is 12.8. The van der Waals surface area contributed by atoms with Crippen molar-refractivity contribution in [3.05, 3.63) is 89.1 Å². The van der Waals surface area contributed by atoms with Gasteiger partial charge in [0.1, 0.15) is 0 Å². The number of aromatic nitrogens is 1. The summed E-state index contributed by atoms with van der Waals surface area (Å²) < 4.78 is 0. The molecule has 3 aromatic rings. The van der Waals surface area contributed by atoms with Crippen LogP contribution in [0.15, 0.2) is 66.9 Å². The molecule has 0 unspecified atom stereocenters. The lowest BCUT2D eigenvalue weighted by molar-refractivity contribution is 0.794. The van der Waals surface area contributed by atoms with Crippen molar-refractivity contribution in [1.82, 2.24) is 4.98 Å². The molecular weight excluding hydrogens is 316 g/mol. The summed E-state index contributed by atoms with van der Waals surface area (Å²) in [4.78, 5) is 4.58. The van der Waals surface area contributed by atoms with Gasteiger partial charge in [0.15, 0.2) is 0 Å². The van der Waals surface area contributed by atoms with Gasteiger partial charge in [-0.05, 0) is 60.6 Å². The first-order valence-electron chi connectivity index (χ1n) is 9.32. The Balaban J connectivity index is 1.58. The molecule has 2 heteroatoms. The van der Waals surface area contributed by atoms with Crippen molar-refractivity contribution in [2.45, 2.75) is 39.0 Å². The normalized spacial score (nSPS) is 10.5. The molecule has 0 saturated carbocycles. The fourth-order valence-electron chi connectivity index (χ4n) is 3.00. The van der Waals surface area contributed by atoms with Gasteiger partial charge in [-0.1, -0.05) is 55.8 Å². The van der Waals surface area contributed by atoms with E-state index in [2.05, 4.69) is 54.4 Å². The van der Waals surface area contributed by atoms with E-state index < -0.39 is 0 Å². The summed E-state index contributed by atoms with van der Waals surface area (Å²) in [5.74, 6) is 0. The Morgan fingerprint density at radius 3 is 1.96 bits per heavy atom. The highest BCUT2D eigenvalue weighted by molar-refractivity contribution is 5.60. The third-order valence-corrected chi connectivity index (χ3v) is 4.68. The Labute approximate surface area is 156 Å². The van der Waals surface area contributed by atoms with Crippen molar-refractivity contribution in [1.29, 1.82) is 5.26 Å². The van der Waals surface area contributed by atoms with Crippen LogP contribution in [-0.4, -0.2) is 4.98 Å². The van der Waals surface area contributed by atoms with E-state index in [9.17, 15) is 0 Å². The Morgan fingerprint density at radius 1 is 0.769 bits per heavy atom. The van der Waals surface area contributed by atoms with Crippen LogP contribution in [0.5, 0.6) is 0 Å². The van der Waals surface area contributed by atoms with Crippen LogP contribution < -0.4 is 0 Å². The van der Waals surface area contributed by atoms with E-state index in [-0.39, 0.29) is 0 Å². The van der Waals surface area contributed by atoms with Gasteiger partial charge in [-0.2, -0.15) is 5.26 Å². The van der Waals surface area contributed by atoms with Crippen LogP contribution >= 0.6 is 0 Å². The second kappa shape index (κ2) is 8.97. The highest BCUT2D eigenvalue weighted by atomic mass is 14.7. The van der Waals surface area contributed by atoms with E-state index in [0.717, 1.165) is 24.1 Å². The number of hydrogen-bond acceptors (Lipinski definition) is 2. The Kier molecular flexibility index (Phi) is 6.17. The summed E-state index contributed by atoms with van der Waals surface area (Å²) in [6.45, 7) is 2.23. The molecule has 2 aromatic carbocycles. The zero-order valence-corrected chi connectivity index (χ0v) is 15.3. The minimum atomic E-state index is 0.672. The zero-order valence-electron chi connectivity index (χ0n) is 15.3. The van der Waals surface area contributed by atoms with Crippen molar-refractivity contribution in [3.8, 4) is 17.3 Å². The molecule has 26 heavy (non-hydrogen) atoms. The topological polar surface area (TPSA) is 36.7 Å². The number of unbranched alkanes of at least 4 members (excludes halogenated alkanes) is 1. The molecule has 0 N–H and O–H groups in total. The van der Waals surface area contributed by atoms with Crippen LogP contribution in [-0.2, 0) is 19.3 Å². The molecule has 0 bridgehead atoms. The molecule has 3 rings (SSSR count). The monoisotopic (exact) mass is 340 g/mol. The van der Waals surface area contributed by atoms with Crippen molar-refractivity contribution in [2.75, 3.05) is 0 Å². The van der Waals surface area contributed by atoms with Gasteiger partial charge in [-0.15, -0.1) is 0 Å². The largest absolute Gasteiger partial charge is 0.256 e.